The number of carbonyl (C=O) groups excluding carboxylic acids is 2. The molecule has 0 amide bonds. The smallest absolute Gasteiger partial charge is 0.340 e. The maximum Gasteiger partial charge on any atom is 0.340 e. The van der Waals surface area contributed by atoms with Crippen LogP contribution in [0.1, 0.15) is 25.3 Å². The highest BCUT2D eigenvalue weighted by Crippen LogP contribution is 2.39. The molecule has 1 atom stereocenters. The molecule has 1 aromatic carbocycles. The first kappa shape index (κ1) is 20.7. The molecule has 0 spiro atoms. The van der Waals surface area contributed by atoms with Crippen LogP contribution in [0, 0.1) is 17.1 Å². The average Bonchev–Trinajstić information content (AvgIpc) is 2.64. The Hall–Kier alpha value is -3.60. The lowest BCUT2D eigenvalue weighted by Gasteiger charge is -2.26. The Morgan fingerprint density at radius 1 is 1.36 bits per heavy atom. The van der Waals surface area contributed by atoms with Crippen molar-refractivity contribution < 1.29 is 28.2 Å². The minimum absolute atomic E-state index is 0.112. The zero-order valence-corrected chi connectivity index (χ0v) is 15.5. The van der Waals surface area contributed by atoms with Gasteiger partial charge in [0, 0.05) is 5.57 Å². The molecule has 0 saturated heterocycles. The van der Waals surface area contributed by atoms with E-state index < -0.39 is 23.7 Å². The Balaban J connectivity index is 2.25. The summed E-state index contributed by atoms with van der Waals surface area (Å²) in [5.41, 5.74) is 6.42. The Morgan fingerprint density at radius 2 is 2.04 bits per heavy atom. The van der Waals surface area contributed by atoms with Gasteiger partial charge >= 0.3 is 11.9 Å². The molecule has 0 fully saturated rings. The van der Waals surface area contributed by atoms with Gasteiger partial charge in [-0.15, -0.1) is 0 Å². The molecule has 146 valence electrons. The summed E-state index contributed by atoms with van der Waals surface area (Å²) in [6, 6.07) is 7.45. The van der Waals surface area contributed by atoms with Crippen LogP contribution >= 0.6 is 0 Å². The van der Waals surface area contributed by atoms with Crippen LogP contribution in [-0.2, 0) is 23.8 Å². The topological polar surface area (TPSA) is 112 Å². The fourth-order valence-corrected chi connectivity index (χ4v) is 2.62. The van der Waals surface area contributed by atoms with Crippen LogP contribution in [0.2, 0.25) is 0 Å². The van der Waals surface area contributed by atoms with Crippen molar-refractivity contribution in [3.8, 4) is 6.07 Å². The predicted octanol–water partition coefficient (Wildman–Crippen LogP) is 2.57. The lowest BCUT2D eigenvalue weighted by Crippen LogP contribution is -2.27. The number of esters is 2. The van der Waals surface area contributed by atoms with E-state index in [9.17, 15) is 19.2 Å². The molecule has 0 bridgehead atoms. The Bertz CT molecular complexity index is 927. The molecule has 0 radical (unpaired) electrons. The van der Waals surface area contributed by atoms with E-state index in [0.29, 0.717) is 5.56 Å². The second-order valence-electron chi connectivity index (χ2n) is 6.00. The summed E-state index contributed by atoms with van der Waals surface area (Å²) in [6.45, 7) is 6.02. The first-order valence-corrected chi connectivity index (χ1v) is 8.29. The van der Waals surface area contributed by atoms with E-state index in [2.05, 4.69) is 6.58 Å². The summed E-state index contributed by atoms with van der Waals surface area (Å²) in [5.74, 6) is -2.98. The monoisotopic (exact) mass is 386 g/mol. The minimum atomic E-state index is -0.945. The van der Waals surface area contributed by atoms with E-state index in [1.807, 2.05) is 6.07 Å². The van der Waals surface area contributed by atoms with Gasteiger partial charge in [0.2, 0.25) is 5.88 Å². The van der Waals surface area contributed by atoms with Crippen molar-refractivity contribution in [3.63, 3.8) is 0 Å². The number of ether oxygens (including phenoxy) is 3. The number of halogens is 1. The molecular weight excluding hydrogens is 367 g/mol. The third kappa shape index (κ3) is 4.57. The molecule has 1 aromatic rings. The average molecular weight is 386 g/mol. The lowest BCUT2D eigenvalue weighted by molar-refractivity contribution is -0.147. The molecule has 0 unspecified atom stereocenters. The van der Waals surface area contributed by atoms with Gasteiger partial charge in [0.15, 0.2) is 0 Å². The molecule has 0 saturated carbocycles. The van der Waals surface area contributed by atoms with Crippen LogP contribution in [0.4, 0.5) is 4.39 Å². The van der Waals surface area contributed by atoms with Gasteiger partial charge in [-0.1, -0.05) is 18.7 Å². The van der Waals surface area contributed by atoms with E-state index in [1.165, 1.54) is 32.0 Å². The van der Waals surface area contributed by atoms with Crippen LogP contribution < -0.4 is 5.73 Å². The summed E-state index contributed by atoms with van der Waals surface area (Å²) in [7, 11) is 0. The molecule has 28 heavy (non-hydrogen) atoms. The highest BCUT2D eigenvalue weighted by molar-refractivity contribution is 5.92. The fraction of sp³-hybridized carbons (Fsp3) is 0.250. The zero-order chi connectivity index (χ0) is 20.8. The SMILES string of the molecule is C=C(C)C(=O)OCCOC(=O)C1=C(N)OC(C)=C(C#N)[C@H]1c1cccc(F)c1. The number of benzene rings is 1. The van der Waals surface area contributed by atoms with Crippen LogP contribution in [0.15, 0.2) is 59.2 Å². The van der Waals surface area contributed by atoms with Crippen molar-refractivity contribution in [2.24, 2.45) is 5.73 Å². The van der Waals surface area contributed by atoms with Gasteiger partial charge in [-0.25, -0.2) is 14.0 Å². The fourth-order valence-electron chi connectivity index (χ4n) is 2.62. The molecule has 1 aliphatic heterocycles. The maximum atomic E-state index is 13.7. The molecule has 0 aromatic heterocycles. The van der Waals surface area contributed by atoms with Gasteiger partial charge < -0.3 is 19.9 Å². The number of rotatable bonds is 6. The number of hydrogen-bond acceptors (Lipinski definition) is 7. The van der Waals surface area contributed by atoms with Crippen LogP contribution in [0.5, 0.6) is 0 Å². The highest BCUT2D eigenvalue weighted by atomic mass is 19.1. The number of nitriles is 1. The van der Waals surface area contributed by atoms with Crippen molar-refractivity contribution in [1.82, 2.24) is 0 Å². The number of carbonyl (C=O) groups is 2. The van der Waals surface area contributed by atoms with Crippen LogP contribution in [0.25, 0.3) is 0 Å². The van der Waals surface area contributed by atoms with Crippen molar-refractivity contribution in [3.05, 3.63) is 70.6 Å². The van der Waals surface area contributed by atoms with Gasteiger partial charge in [-0.05, 0) is 31.5 Å². The first-order chi connectivity index (χ1) is 13.3. The van der Waals surface area contributed by atoms with Gasteiger partial charge in [0.25, 0.3) is 0 Å². The molecule has 7 nitrogen and oxygen atoms in total. The molecule has 0 aliphatic carbocycles. The van der Waals surface area contributed by atoms with Crippen molar-refractivity contribution in [2.75, 3.05) is 13.2 Å². The van der Waals surface area contributed by atoms with Gasteiger partial charge in [-0.3, -0.25) is 0 Å². The third-order valence-electron chi connectivity index (χ3n) is 3.91. The number of hydrogen-bond donors (Lipinski definition) is 1. The standard InChI is InChI=1S/C20H19FN2O5/c1-11(2)19(24)26-7-8-27-20(25)17-16(13-5-4-6-14(21)9-13)15(10-22)12(3)28-18(17)23/h4-6,9,16H,1,7-8,23H2,2-3H3/t16-/m1/s1. The van der Waals surface area contributed by atoms with Gasteiger partial charge in [0.1, 0.15) is 30.4 Å². The second-order valence-corrected chi connectivity index (χ2v) is 6.00. The highest BCUT2D eigenvalue weighted by Gasteiger charge is 2.36. The van der Waals surface area contributed by atoms with Crippen molar-refractivity contribution in [1.29, 1.82) is 5.26 Å². The number of nitrogens with zero attached hydrogens (tertiary/aromatic N) is 1. The quantitative estimate of drug-likeness (QED) is 0.454. The molecular formula is C20H19FN2O5. The predicted molar refractivity (Wildman–Crippen MR) is 96.5 cm³/mol. The first-order valence-electron chi connectivity index (χ1n) is 8.29. The summed E-state index contributed by atoms with van der Waals surface area (Å²) in [6.07, 6.45) is 0. The molecule has 2 rings (SSSR count). The number of nitrogens with two attached hydrogens (primary N) is 1. The summed E-state index contributed by atoms with van der Waals surface area (Å²) in [4.78, 5) is 23.9. The van der Waals surface area contributed by atoms with E-state index >= 15 is 0 Å². The Kier molecular flexibility index (Phi) is 6.55. The van der Waals surface area contributed by atoms with E-state index in [1.54, 1.807) is 6.07 Å². The summed E-state index contributed by atoms with van der Waals surface area (Å²) < 4.78 is 29.0. The molecule has 1 heterocycles. The number of allylic oxidation sites excluding steroid dienone is 2. The normalized spacial score (nSPS) is 16.1. The minimum Gasteiger partial charge on any atom is -0.459 e. The van der Waals surface area contributed by atoms with E-state index in [0.717, 1.165) is 0 Å². The van der Waals surface area contributed by atoms with Crippen LogP contribution in [-0.4, -0.2) is 25.2 Å². The zero-order valence-electron chi connectivity index (χ0n) is 15.5. The Labute approximate surface area is 161 Å². The molecule has 1 aliphatic rings. The second kappa shape index (κ2) is 8.86. The molecule has 2 N–H and O–H groups in total. The van der Waals surface area contributed by atoms with E-state index in [-0.39, 0.29) is 41.6 Å². The van der Waals surface area contributed by atoms with Gasteiger partial charge in [0.05, 0.1) is 17.6 Å². The van der Waals surface area contributed by atoms with Gasteiger partial charge in [-0.2, -0.15) is 5.26 Å². The molecule has 8 heteroatoms. The summed E-state index contributed by atoms with van der Waals surface area (Å²) >= 11 is 0. The Morgan fingerprint density at radius 3 is 2.64 bits per heavy atom. The largest absolute Gasteiger partial charge is 0.459 e. The van der Waals surface area contributed by atoms with E-state index in [4.69, 9.17) is 19.9 Å². The third-order valence-corrected chi connectivity index (χ3v) is 3.91. The van der Waals surface area contributed by atoms with Crippen LogP contribution in [0.3, 0.4) is 0 Å². The summed E-state index contributed by atoms with van der Waals surface area (Å²) in [5, 5.41) is 9.51. The van der Waals surface area contributed by atoms with Crippen molar-refractivity contribution >= 4 is 11.9 Å². The van der Waals surface area contributed by atoms with Crippen molar-refractivity contribution in [2.45, 2.75) is 19.8 Å². The maximum absolute atomic E-state index is 13.7. The lowest BCUT2D eigenvalue weighted by atomic mass is 9.83.